The average Bonchev–Trinajstić information content (AvgIpc) is 2.56. The maximum absolute atomic E-state index is 5.91. The summed E-state index contributed by atoms with van der Waals surface area (Å²) in [5.41, 5.74) is 6.74. The van der Waals surface area contributed by atoms with Gasteiger partial charge in [-0.05, 0) is 31.5 Å². The predicted octanol–water partition coefficient (Wildman–Crippen LogP) is 1.53. The molecule has 0 unspecified atom stereocenters. The van der Waals surface area contributed by atoms with Gasteiger partial charge < -0.3 is 20.5 Å². The fourth-order valence-corrected chi connectivity index (χ4v) is 2.40. The van der Waals surface area contributed by atoms with Crippen LogP contribution in [0, 0.1) is 0 Å². The van der Waals surface area contributed by atoms with Crippen molar-refractivity contribution in [2.24, 2.45) is 10.7 Å². The van der Waals surface area contributed by atoms with E-state index < -0.39 is 0 Å². The number of nitrogens with zero attached hydrogens (tertiary/aromatic N) is 2. The van der Waals surface area contributed by atoms with Gasteiger partial charge in [0.25, 0.3) is 0 Å². The molecular weight excluding hydrogens is 280 g/mol. The number of hydrogen-bond acceptors (Lipinski definition) is 4. The Balaban J connectivity index is 1.66. The Kier molecular flexibility index (Phi) is 6.99. The minimum atomic E-state index is 0.427. The highest BCUT2D eigenvalue weighted by Gasteiger charge is 2.08. The molecule has 1 heterocycles. The van der Waals surface area contributed by atoms with Crippen LogP contribution in [0.4, 0.5) is 5.69 Å². The predicted molar refractivity (Wildman–Crippen MR) is 89.6 cm³/mol. The second-order valence-corrected chi connectivity index (χ2v) is 5.25. The van der Waals surface area contributed by atoms with Crippen LogP contribution in [0.1, 0.15) is 12.8 Å². The first-order valence-corrected chi connectivity index (χ1v) is 7.79. The number of rotatable bonds is 7. The molecule has 122 valence electrons. The number of benzene rings is 1. The number of aliphatic imine (C=N–C) groups is 1. The number of unbranched alkanes of at least 4 members (excludes halogenated alkanes) is 1. The number of nitrogens with one attached hydrogen (secondary N) is 1. The quantitative estimate of drug-likeness (QED) is 0.454. The molecule has 0 atom stereocenters. The molecular formula is C16H26N4O2. The van der Waals surface area contributed by atoms with Crippen LogP contribution >= 0.6 is 0 Å². The monoisotopic (exact) mass is 306 g/mol. The Morgan fingerprint density at radius 3 is 2.86 bits per heavy atom. The number of para-hydroxylation sites is 2. The van der Waals surface area contributed by atoms with Gasteiger partial charge in [-0.3, -0.25) is 9.89 Å². The van der Waals surface area contributed by atoms with Crippen LogP contribution in [0.25, 0.3) is 0 Å². The number of ether oxygens (including phenoxy) is 2. The summed E-state index contributed by atoms with van der Waals surface area (Å²) in [6.07, 6.45) is 2.16. The molecule has 1 aliphatic rings. The maximum atomic E-state index is 5.91. The summed E-state index contributed by atoms with van der Waals surface area (Å²) in [4.78, 5) is 6.80. The molecule has 0 spiro atoms. The van der Waals surface area contributed by atoms with Crippen molar-refractivity contribution in [3.05, 3.63) is 24.3 Å². The minimum absolute atomic E-state index is 0.427. The lowest BCUT2D eigenvalue weighted by Crippen LogP contribution is -2.36. The molecule has 6 nitrogen and oxygen atoms in total. The Morgan fingerprint density at radius 2 is 2.09 bits per heavy atom. The molecule has 0 radical (unpaired) electrons. The van der Waals surface area contributed by atoms with E-state index in [1.165, 1.54) is 0 Å². The standard InChI is InChI=1S/C16H26N4O2/c1-21-15-7-3-2-6-14(15)19-16(17)18-8-4-5-9-20-10-12-22-13-11-20/h2-3,6-7H,4-5,8-13H2,1H3,(H3,17,18,19). The summed E-state index contributed by atoms with van der Waals surface area (Å²) in [5.74, 6) is 1.18. The highest BCUT2D eigenvalue weighted by atomic mass is 16.5. The summed E-state index contributed by atoms with van der Waals surface area (Å²) >= 11 is 0. The first-order valence-electron chi connectivity index (χ1n) is 7.79. The van der Waals surface area contributed by atoms with Crippen molar-refractivity contribution < 1.29 is 9.47 Å². The van der Waals surface area contributed by atoms with E-state index in [1.807, 2.05) is 24.3 Å². The first kappa shape index (κ1) is 16.6. The van der Waals surface area contributed by atoms with Crippen molar-refractivity contribution in [1.82, 2.24) is 4.90 Å². The number of methoxy groups -OCH3 is 1. The smallest absolute Gasteiger partial charge is 0.193 e. The topological polar surface area (TPSA) is 72.1 Å². The molecule has 1 aromatic rings. The Hall–Kier alpha value is -1.79. The summed E-state index contributed by atoms with van der Waals surface area (Å²) in [6.45, 7) is 5.64. The van der Waals surface area contributed by atoms with Gasteiger partial charge in [0.2, 0.25) is 0 Å². The zero-order valence-electron chi connectivity index (χ0n) is 13.3. The van der Waals surface area contributed by atoms with Crippen molar-refractivity contribution in [2.45, 2.75) is 12.8 Å². The number of guanidine groups is 1. The first-order chi connectivity index (χ1) is 10.8. The van der Waals surface area contributed by atoms with Crippen molar-refractivity contribution >= 4 is 11.6 Å². The average molecular weight is 306 g/mol. The van der Waals surface area contributed by atoms with Crippen LogP contribution in [-0.2, 0) is 4.74 Å². The summed E-state index contributed by atoms with van der Waals surface area (Å²) < 4.78 is 10.6. The zero-order valence-corrected chi connectivity index (χ0v) is 13.3. The van der Waals surface area contributed by atoms with Gasteiger partial charge >= 0.3 is 0 Å². The van der Waals surface area contributed by atoms with E-state index in [4.69, 9.17) is 15.2 Å². The van der Waals surface area contributed by atoms with Gasteiger partial charge in [0.15, 0.2) is 5.96 Å². The minimum Gasteiger partial charge on any atom is -0.495 e. The summed E-state index contributed by atoms with van der Waals surface area (Å²) in [6, 6.07) is 7.65. The van der Waals surface area contributed by atoms with Gasteiger partial charge in [-0.2, -0.15) is 0 Å². The van der Waals surface area contributed by atoms with E-state index in [0.29, 0.717) is 5.96 Å². The fourth-order valence-electron chi connectivity index (χ4n) is 2.40. The van der Waals surface area contributed by atoms with Gasteiger partial charge in [-0.15, -0.1) is 0 Å². The van der Waals surface area contributed by atoms with Gasteiger partial charge in [0.1, 0.15) is 5.75 Å². The molecule has 0 aliphatic carbocycles. The van der Waals surface area contributed by atoms with E-state index in [0.717, 1.165) is 63.7 Å². The van der Waals surface area contributed by atoms with Gasteiger partial charge in [-0.1, -0.05) is 12.1 Å². The summed E-state index contributed by atoms with van der Waals surface area (Å²) in [7, 11) is 1.64. The lowest BCUT2D eigenvalue weighted by atomic mass is 10.3. The number of anilines is 1. The Morgan fingerprint density at radius 1 is 1.32 bits per heavy atom. The van der Waals surface area contributed by atoms with E-state index in [1.54, 1.807) is 7.11 Å². The SMILES string of the molecule is COc1ccccc1NC(N)=NCCCCN1CCOCC1. The number of morpholine rings is 1. The molecule has 1 aliphatic heterocycles. The van der Waals surface area contributed by atoms with Crippen LogP contribution in [0.15, 0.2) is 29.3 Å². The van der Waals surface area contributed by atoms with Crippen molar-refractivity contribution in [3.8, 4) is 5.75 Å². The summed E-state index contributed by atoms with van der Waals surface area (Å²) in [5, 5.41) is 3.08. The number of nitrogens with two attached hydrogens (primary N) is 1. The second kappa shape index (κ2) is 9.27. The zero-order chi connectivity index (χ0) is 15.6. The molecule has 2 rings (SSSR count). The third-order valence-corrected chi connectivity index (χ3v) is 3.64. The van der Waals surface area contributed by atoms with Gasteiger partial charge in [0.05, 0.1) is 26.0 Å². The third-order valence-electron chi connectivity index (χ3n) is 3.64. The molecule has 0 aromatic heterocycles. The van der Waals surface area contributed by atoms with Crippen molar-refractivity contribution in [2.75, 3.05) is 51.8 Å². The molecule has 0 bridgehead atoms. The molecule has 1 aromatic carbocycles. The lowest BCUT2D eigenvalue weighted by molar-refractivity contribution is 0.0373. The molecule has 3 N–H and O–H groups in total. The largest absolute Gasteiger partial charge is 0.495 e. The Labute approximate surface area is 132 Å². The molecule has 22 heavy (non-hydrogen) atoms. The molecule has 0 amide bonds. The van der Waals surface area contributed by atoms with Crippen molar-refractivity contribution in [3.63, 3.8) is 0 Å². The molecule has 0 saturated carbocycles. The maximum Gasteiger partial charge on any atom is 0.193 e. The van der Waals surface area contributed by atoms with Crippen LogP contribution in [0.5, 0.6) is 5.75 Å². The molecule has 6 heteroatoms. The highest BCUT2D eigenvalue weighted by Crippen LogP contribution is 2.22. The van der Waals surface area contributed by atoms with E-state index in [-0.39, 0.29) is 0 Å². The van der Waals surface area contributed by atoms with Crippen LogP contribution < -0.4 is 15.8 Å². The fraction of sp³-hybridized carbons (Fsp3) is 0.562. The second-order valence-electron chi connectivity index (χ2n) is 5.25. The van der Waals surface area contributed by atoms with Crippen LogP contribution in [0.3, 0.4) is 0 Å². The van der Waals surface area contributed by atoms with E-state index >= 15 is 0 Å². The van der Waals surface area contributed by atoms with E-state index in [2.05, 4.69) is 15.2 Å². The highest BCUT2D eigenvalue weighted by molar-refractivity contribution is 5.93. The Bertz CT molecular complexity index is 473. The molecule has 1 saturated heterocycles. The molecule has 1 fully saturated rings. The third kappa shape index (κ3) is 5.54. The normalized spacial score (nSPS) is 16.5. The number of hydrogen-bond donors (Lipinski definition) is 2. The van der Waals surface area contributed by atoms with Gasteiger partial charge in [-0.25, -0.2) is 0 Å². The lowest BCUT2D eigenvalue weighted by Gasteiger charge is -2.26. The van der Waals surface area contributed by atoms with Gasteiger partial charge in [0, 0.05) is 19.6 Å². The van der Waals surface area contributed by atoms with Crippen LogP contribution in [-0.4, -0.2) is 57.4 Å². The van der Waals surface area contributed by atoms with Crippen LogP contribution in [0.2, 0.25) is 0 Å². The van der Waals surface area contributed by atoms with Crippen molar-refractivity contribution in [1.29, 1.82) is 0 Å². The van der Waals surface area contributed by atoms with E-state index in [9.17, 15) is 0 Å².